The molecule has 2 atom stereocenters. The molecule has 2 aromatic rings. The first-order valence-electron chi connectivity index (χ1n) is 6.74. The summed E-state index contributed by atoms with van der Waals surface area (Å²) < 4.78 is 1.83. The lowest BCUT2D eigenvalue weighted by Gasteiger charge is -2.18. The van der Waals surface area contributed by atoms with E-state index in [1.165, 1.54) is 0 Å². The summed E-state index contributed by atoms with van der Waals surface area (Å²) in [5, 5.41) is 17.6. The lowest BCUT2D eigenvalue weighted by Crippen LogP contribution is -2.33. The molecule has 108 valence electrons. The average Bonchev–Trinajstić information content (AvgIpc) is 2.93. The Labute approximate surface area is 124 Å². The van der Waals surface area contributed by atoms with Gasteiger partial charge in [0.1, 0.15) is 0 Å². The van der Waals surface area contributed by atoms with Crippen molar-refractivity contribution in [3.63, 3.8) is 0 Å². The second kappa shape index (κ2) is 6.88. The van der Waals surface area contributed by atoms with Gasteiger partial charge in [-0.25, -0.2) is 4.68 Å². The summed E-state index contributed by atoms with van der Waals surface area (Å²) in [4.78, 5) is 0. The Morgan fingerprint density at radius 3 is 2.65 bits per heavy atom. The average molecular weight is 294 g/mol. The fourth-order valence-corrected chi connectivity index (χ4v) is 1.95. The van der Waals surface area contributed by atoms with Crippen molar-refractivity contribution in [2.45, 2.75) is 26.4 Å². The quantitative estimate of drug-likeness (QED) is 0.861. The number of halogens is 1. The van der Waals surface area contributed by atoms with Gasteiger partial charge in [-0.15, -0.1) is 0 Å². The fourth-order valence-electron chi connectivity index (χ4n) is 1.82. The van der Waals surface area contributed by atoms with Crippen LogP contribution in [-0.4, -0.2) is 27.5 Å². The van der Waals surface area contributed by atoms with E-state index in [0.717, 1.165) is 22.8 Å². The molecule has 0 aliphatic rings. The van der Waals surface area contributed by atoms with Gasteiger partial charge < -0.3 is 10.4 Å². The molecule has 0 amide bonds. The maximum atomic E-state index is 9.11. The molecule has 1 aromatic carbocycles. The van der Waals surface area contributed by atoms with Crippen LogP contribution in [0.3, 0.4) is 0 Å². The molecule has 2 N–H and O–H groups in total. The van der Waals surface area contributed by atoms with E-state index in [-0.39, 0.29) is 18.6 Å². The smallest absolute Gasteiger partial charge is 0.0646 e. The maximum Gasteiger partial charge on any atom is 0.0646 e. The molecule has 2 rings (SSSR count). The summed E-state index contributed by atoms with van der Waals surface area (Å²) in [6.07, 6.45) is 3.84. The minimum absolute atomic E-state index is 0.193. The van der Waals surface area contributed by atoms with Crippen LogP contribution in [0.25, 0.3) is 5.69 Å². The molecule has 0 aliphatic heterocycles. The largest absolute Gasteiger partial charge is 0.396 e. The Balaban J connectivity index is 1.97. The van der Waals surface area contributed by atoms with Crippen LogP contribution in [0.15, 0.2) is 36.7 Å². The van der Waals surface area contributed by atoms with Crippen molar-refractivity contribution in [3.05, 3.63) is 47.2 Å². The van der Waals surface area contributed by atoms with Gasteiger partial charge >= 0.3 is 0 Å². The van der Waals surface area contributed by atoms with Crippen LogP contribution < -0.4 is 5.32 Å². The normalized spacial score (nSPS) is 14.2. The van der Waals surface area contributed by atoms with E-state index in [4.69, 9.17) is 16.7 Å². The predicted octanol–water partition coefficient (Wildman–Crippen LogP) is 2.63. The van der Waals surface area contributed by atoms with E-state index in [9.17, 15) is 0 Å². The van der Waals surface area contributed by atoms with E-state index >= 15 is 0 Å². The highest BCUT2D eigenvalue weighted by atomic mass is 35.5. The summed E-state index contributed by atoms with van der Waals surface area (Å²) in [5.74, 6) is 0.237. The van der Waals surface area contributed by atoms with E-state index in [1.807, 2.05) is 48.3 Å². The molecular weight excluding hydrogens is 274 g/mol. The molecule has 20 heavy (non-hydrogen) atoms. The topological polar surface area (TPSA) is 50.1 Å². The summed E-state index contributed by atoms with van der Waals surface area (Å²) in [7, 11) is 0. The van der Waals surface area contributed by atoms with Crippen molar-refractivity contribution in [2.24, 2.45) is 5.92 Å². The molecule has 0 fully saturated rings. The van der Waals surface area contributed by atoms with Crippen molar-refractivity contribution >= 4 is 11.6 Å². The molecule has 1 aromatic heterocycles. The van der Waals surface area contributed by atoms with Crippen LogP contribution in [0.2, 0.25) is 5.02 Å². The van der Waals surface area contributed by atoms with Crippen LogP contribution in [0.1, 0.15) is 19.4 Å². The summed E-state index contributed by atoms with van der Waals surface area (Å²) in [5.41, 5.74) is 2.09. The fraction of sp³-hybridized carbons (Fsp3) is 0.400. The van der Waals surface area contributed by atoms with Gasteiger partial charge in [-0.2, -0.15) is 5.10 Å². The molecule has 2 unspecified atom stereocenters. The number of aromatic nitrogens is 2. The van der Waals surface area contributed by atoms with Gasteiger partial charge in [-0.1, -0.05) is 18.5 Å². The highest BCUT2D eigenvalue weighted by molar-refractivity contribution is 6.30. The van der Waals surface area contributed by atoms with Crippen molar-refractivity contribution in [1.29, 1.82) is 0 Å². The molecule has 1 heterocycles. The molecule has 0 radical (unpaired) electrons. The van der Waals surface area contributed by atoms with Crippen LogP contribution in [0.4, 0.5) is 0 Å². The predicted molar refractivity (Wildman–Crippen MR) is 81.1 cm³/mol. The first-order valence-corrected chi connectivity index (χ1v) is 7.11. The van der Waals surface area contributed by atoms with E-state index in [2.05, 4.69) is 17.3 Å². The second-order valence-electron chi connectivity index (χ2n) is 5.10. The SMILES string of the molecule is CC(CO)C(C)NCc1cnn(-c2ccc(Cl)cc2)c1. The Hall–Kier alpha value is -1.36. The van der Waals surface area contributed by atoms with E-state index in [1.54, 1.807) is 0 Å². The zero-order valence-corrected chi connectivity index (χ0v) is 12.5. The maximum absolute atomic E-state index is 9.11. The number of hydrogen-bond acceptors (Lipinski definition) is 3. The lowest BCUT2D eigenvalue weighted by atomic mass is 10.1. The molecule has 0 spiro atoms. The van der Waals surface area contributed by atoms with Crippen molar-refractivity contribution < 1.29 is 5.11 Å². The zero-order chi connectivity index (χ0) is 14.5. The van der Waals surface area contributed by atoms with Crippen LogP contribution in [0.5, 0.6) is 0 Å². The number of nitrogens with one attached hydrogen (secondary N) is 1. The molecule has 0 saturated carbocycles. The number of aliphatic hydroxyl groups is 1. The van der Waals surface area contributed by atoms with Crippen LogP contribution in [0, 0.1) is 5.92 Å². The van der Waals surface area contributed by atoms with Gasteiger partial charge in [0.05, 0.1) is 11.9 Å². The summed E-state index contributed by atoms with van der Waals surface area (Å²) in [6, 6.07) is 7.83. The minimum atomic E-state index is 0.193. The Morgan fingerprint density at radius 2 is 2.00 bits per heavy atom. The van der Waals surface area contributed by atoms with Gasteiger partial charge in [0.15, 0.2) is 0 Å². The highest BCUT2D eigenvalue weighted by Crippen LogP contribution is 2.13. The molecule has 0 saturated heterocycles. The third-order valence-corrected chi connectivity index (χ3v) is 3.75. The monoisotopic (exact) mass is 293 g/mol. The van der Waals surface area contributed by atoms with Gasteiger partial charge in [-0.05, 0) is 37.1 Å². The number of rotatable bonds is 6. The Morgan fingerprint density at radius 1 is 1.30 bits per heavy atom. The third kappa shape index (κ3) is 3.82. The summed E-state index contributed by atoms with van der Waals surface area (Å²) >= 11 is 5.87. The Bertz CT molecular complexity index is 538. The number of nitrogens with zero attached hydrogens (tertiary/aromatic N) is 2. The minimum Gasteiger partial charge on any atom is -0.396 e. The van der Waals surface area contributed by atoms with Gasteiger partial charge in [0.25, 0.3) is 0 Å². The molecule has 4 nitrogen and oxygen atoms in total. The summed E-state index contributed by atoms with van der Waals surface area (Å²) in [6.45, 7) is 5.02. The van der Waals surface area contributed by atoms with Gasteiger partial charge in [-0.3, -0.25) is 0 Å². The Kier molecular flexibility index (Phi) is 5.17. The number of hydrogen-bond donors (Lipinski definition) is 2. The van der Waals surface area contributed by atoms with Gasteiger partial charge in [0.2, 0.25) is 0 Å². The third-order valence-electron chi connectivity index (χ3n) is 3.50. The first-order chi connectivity index (χ1) is 9.60. The van der Waals surface area contributed by atoms with E-state index < -0.39 is 0 Å². The first kappa shape index (κ1) is 15.0. The molecular formula is C15H20ClN3O. The van der Waals surface area contributed by atoms with E-state index in [0.29, 0.717) is 0 Å². The van der Waals surface area contributed by atoms with Crippen molar-refractivity contribution in [3.8, 4) is 5.69 Å². The van der Waals surface area contributed by atoms with Crippen LogP contribution in [-0.2, 0) is 6.54 Å². The number of benzene rings is 1. The molecule has 5 heteroatoms. The van der Waals surface area contributed by atoms with Gasteiger partial charge in [0, 0.05) is 36.0 Å². The number of aliphatic hydroxyl groups excluding tert-OH is 1. The van der Waals surface area contributed by atoms with Crippen molar-refractivity contribution in [2.75, 3.05) is 6.61 Å². The molecule has 0 bridgehead atoms. The molecule has 0 aliphatic carbocycles. The lowest BCUT2D eigenvalue weighted by molar-refractivity contribution is 0.207. The highest BCUT2D eigenvalue weighted by Gasteiger charge is 2.10. The van der Waals surface area contributed by atoms with Crippen molar-refractivity contribution in [1.82, 2.24) is 15.1 Å². The standard InChI is InChI=1S/C15H20ClN3O/c1-11(10-20)12(2)17-7-13-8-18-19(9-13)15-5-3-14(16)4-6-15/h3-6,8-9,11-12,17,20H,7,10H2,1-2H3. The second-order valence-corrected chi connectivity index (χ2v) is 5.54. The van der Waals surface area contributed by atoms with Crippen LogP contribution >= 0.6 is 11.6 Å². The zero-order valence-electron chi connectivity index (χ0n) is 11.8.